The molecular weight excluding hydrogens is 500 g/mol. The number of carbonyl (C=O) groups is 2. The van der Waals surface area contributed by atoms with Crippen molar-refractivity contribution in [1.29, 1.82) is 0 Å². The SMILES string of the molecule is CC(=O)/C(C=N[C@@H]1CCCC[C@H]1N=C/C(C(C)=O)=C(\O)c1c(C)cc(C)cc1C)=C(\O)c1c(C)cc(C)cc1C. The minimum atomic E-state index is -0.271. The highest BCUT2D eigenvalue weighted by atomic mass is 16.3. The highest BCUT2D eigenvalue weighted by molar-refractivity contribution is 6.18. The molecule has 0 bridgehead atoms. The minimum absolute atomic E-state index is 0.0716. The van der Waals surface area contributed by atoms with E-state index in [1.54, 1.807) is 0 Å². The standard InChI is InChI=1S/C34H42N2O4/c1-19-13-21(3)31(22(4)14-19)33(39)27(25(7)37)17-35-29-11-9-10-12-30(29)36-18-28(26(8)38)34(40)32-23(5)15-20(2)16-24(32)6/h13-18,29-30,39-40H,9-12H2,1-8H3/b33-27-,34-28+,35-17?,36-18?/t29-,30-/m1/s1. The number of benzene rings is 2. The number of allylic oxidation sites excluding steroid dienone is 2. The van der Waals surface area contributed by atoms with E-state index in [9.17, 15) is 19.8 Å². The van der Waals surface area contributed by atoms with E-state index >= 15 is 0 Å². The van der Waals surface area contributed by atoms with Gasteiger partial charge in [-0.15, -0.1) is 0 Å². The molecule has 1 aliphatic rings. The molecule has 0 radical (unpaired) electrons. The second kappa shape index (κ2) is 13.0. The van der Waals surface area contributed by atoms with Gasteiger partial charge in [0.1, 0.15) is 11.5 Å². The molecule has 0 aliphatic heterocycles. The lowest BCUT2D eigenvalue weighted by atomic mass is 9.90. The Labute approximate surface area is 238 Å². The average molecular weight is 543 g/mol. The van der Waals surface area contributed by atoms with Gasteiger partial charge in [-0.25, -0.2) is 0 Å². The van der Waals surface area contributed by atoms with Gasteiger partial charge in [-0.05, 0) is 90.5 Å². The molecule has 212 valence electrons. The van der Waals surface area contributed by atoms with E-state index < -0.39 is 0 Å². The second-order valence-electron chi connectivity index (χ2n) is 11.2. The van der Waals surface area contributed by atoms with Gasteiger partial charge in [0, 0.05) is 23.6 Å². The molecule has 40 heavy (non-hydrogen) atoms. The summed E-state index contributed by atoms with van der Waals surface area (Å²) in [4.78, 5) is 34.6. The number of carbonyl (C=O) groups excluding carboxylic acids is 2. The number of hydrogen-bond donors (Lipinski definition) is 2. The summed E-state index contributed by atoms with van der Waals surface area (Å²) < 4.78 is 0. The van der Waals surface area contributed by atoms with Crippen molar-refractivity contribution in [2.45, 2.75) is 93.2 Å². The van der Waals surface area contributed by atoms with E-state index in [1.807, 2.05) is 65.8 Å². The Bertz CT molecular complexity index is 1290. The van der Waals surface area contributed by atoms with E-state index in [0.717, 1.165) is 59.1 Å². The summed E-state index contributed by atoms with van der Waals surface area (Å²) in [6, 6.07) is 7.49. The van der Waals surface area contributed by atoms with Crippen molar-refractivity contribution < 1.29 is 19.8 Å². The molecule has 0 aromatic heterocycles. The number of hydrogen-bond acceptors (Lipinski definition) is 6. The Balaban J connectivity index is 1.98. The summed E-state index contributed by atoms with van der Waals surface area (Å²) in [5, 5.41) is 22.3. The molecule has 0 saturated heterocycles. The van der Waals surface area contributed by atoms with E-state index in [4.69, 9.17) is 9.98 Å². The third-order valence-electron chi connectivity index (χ3n) is 7.58. The topological polar surface area (TPSA) is 99.3 Å². The smallest absolute Gasteiger partial charge is 0.165 e. The number of aliphatic imine (C=N–C) groups is 2. The van der Waals surface area contributed by atoms with Crippen molar-refractivity contribution in [2.75, 3.05) is 0 Å². The quantitative estimate of drug-likeness (QED) is 0.206. The molecule has 0 spiro atoms. The maximum Gasteiger partial charge on any atom is 0.165 e. The molecule has 2 aromatic carbocycles. The first-order valence-electron chi connectivity index (χ1n) is 13.9. The van der Waals surface area contributed by atoms with E-state index in [1.165, 1.54) is 26.3 Å². The van der Waals surface area contributed by atoms with Crippen molar-refractivity contribution in [2.24, 2.45) is 9.98 Å². The third-order valence-corrected chi connectivity index (χ3v) is 7.58. The number of Topliss-reactive ketones (excluding diaryl/α,β-unsaturated/α-hetero) is 2. The molecule has 3 rings (SSSR count). The summed E-state index contributed by atoms with van der Waals surface area (Å²) in [6.45, 7) is 14.5. The summed E-state index contributed by atoms with van der Waals surface area (Å²) in [5.74, 6) is -0.686. The van der Waals surface area contributed by atoms with Crippen LogP contribution in [0.15, 0.2) is 45.4 Å². The van der Waals surface area contributed by atoms with Crippen LogP contribution in [0.4, 0.5) is 0 Å². The third kappa shape index (κ3) is 7.04. The number of rotatable bonds is 8. The number of aliphatic hydroxyl groups excluding tert-OH is 2. The first-order chi connectivity index (χ1) is 18.8. The highest BCUT2D eigenvalue weighted by Crippen LogP contribution is 2.29. The van der Waals surface area contributed by atoms with E-state index in [0.29, 0.717) is 11.1 Å². The van der Waals surface area contributed by atoms with Gasteiger partial charge in [-0.3, -0.25) is 19.6 Å². The van der Waals surface area contributed by atoms with Crippen molar-refractivity contribution in [3.63, 3.8) is 0 Å². The maximum atomic E-state index is 12.6. The molecule has 0 unspecified atom stereocenters. The van der Waals surface area contributed by atoms with Crippen LogP contribution >= 0.6 is 0 Å². The zero-order valence-electron chi connectivity index (χ0n) is 25.1. The normalized spacial score (nSPS) is 19.1. The predicted molar refractivity (Wildman–Crippen MR) is 165 cm³/mol. The van der Waals surface area contributed by atoms with Gasteiger partial charge in [-0.1, -0.05) is 48.2 Å². The van der Waals surface area contributed by atoms with Gasteiger partial charge in [0.2, 0.25) is 0 Å². The summed E-state index contributed by atoms with van der Waals surface area (Å²) in [5.41, 5.74) is 7.37. The van der Waals surface area contributed by atoms with Crippen LogP contribution in [0.2, 0.25) is 0 Å². The van der Waals surface area contributed by atoms with Crippen LogP contribution in [-0.2, 0) is 9.59 Å². The fourth-order valence-corrected chi connectivity index (χ4v) is 5.79. The monoisotopic (exact) mass is 542 g/mol. The van der Waals surface area contributed by atoms with Crippen LogP contribution in [0.1, 0.15) is 84.0 Å². The van der Waals surface area contributed by atoms with E-state index in [2.05, 4.69) is 0 Å². The van der Waals surface area contributed by atoms with Crippen molar-refractivity contribution in [3.8, 4) is 0 Å². The van der Waals surface area contributed by atoms with Crippen molar-refractivity contribution in [1.82, 2.24) is 0 Å². The number of aryl methyl sites for hydroxylation is 6. The lowest BCUT2D eigenvalue weighted by molar-refractivity contribution is -0.114. The van der Waals surface area contributed by atoms with Crippen LogP contribution in [0.3, 0.4) is 0 Å². The maximum absolute atomic E-state index is 12.6. The Morgan fingerprint density at radius 1 is 0.650 bits per heavy atom. The Morgan fingerprint density at radius 2 is 0.950 bits per heavy atom. The fraction of sp³-hybridized carbons (Fsp3) is 0.412. The molecule has 6 nitrogen and oxygen atoms in total. The molecule has 2 aromatic rings. The molecule has 2 atom stereocenters. The Morgan fingerprint density at radius 3 is 1.23 bits per heavy atom. The summed E-state index contributed by atoms with van der Waals surface area (Å²) in [6.07, 6.45) is 6.44. The van der Waals surface area contributed by atoms with Gasteiger partial charge in [-0.2, -0.15) is 0 Å². The molecule has 0 amide bonds. The van der Waals surface area contributed by atoms with Crippen molar-refractivity contribution >= 4 is 35.5 Å². The molecule has 1 fully saturated rings. The van der Waals surface area contributed by atoms with Gasteiger partial charge >= 0.3 is 0 Å². The zero-order valence-corrected chi connectivity index (χ0v) is 25.1. The number of nitrogens with zero attached hydrogens (tertiary/aromatic N) is 2. The molecule has 6 heteroatoms. The van der Waals surface area contributed by atoms with Gasteiger partial charge in [0.05, 0.1) is 23.2 Å². The van der Waals surface area contributed by atoms with E-state index in [-0.39, 0.29) is 46.3 Å². The minimum Gasteiger partial charge on any atom is -0.506 e. The van der Waals surface area contributed by atoms with Crippen LogP contribution in [0, 0.1) is 41.5 Å². The first kappa shape index (κ1) is 30.7. The fourth-order valence-electron chi connectivity index (χ4n) is 5.79. The van der Waals surface area contributed by atoms with Gasteiger partial charge < -0.3 is 10.2 Å². The van der Waals surface area contributed by atoms with Crippen molar-refractivity contribution in [3.05, 3.63) is 79.9 Å². The largest absolute Gasteiger partial charge is 0.506 e. The Kier molecular flexibility index (Phi) is 10.0. The molecule has 1 saturated carbocycles. The van der Waals surface area contributed by atoms with Gasteiger partial charge in [0.25, 0.3) is 0 Å². The first-order valence-corrected chi connectivity index (χ1v) is 13.9. The van der Waals surface area contributed by atoms with Crippen LogP contribution in [-0.4, -0.2) is 46.3 Å². The van der Waals surface area contributed by atoms with Crippen LogP contribution in [0.25, 0.3) is 11.5 Å². The molecule has 0 heterocycles. The summed E-state index contributed by atoms with van der Waals surface area (Å²) >= 11 is 0. The lowest BCUT2D eigenvalue weighted by Crippen LogP contribution is -2.27. The average Bonchev–Trinajstić information content (AvgIpc) is 2.83. The molecular formula is C34H42N2O4. The lowest BCUT2D eigenvalue weighted by Gasteiger charge is -2.25. The van der Waals surface area contributed by atoms with Crippen LogP contribution < -0.4 is 0 Å². The highest BCUT2D eigenvalue weighted by Gasteiger charge is 2.25. The van der Waals surface area contributed by atoms with Gasteiger partial charge in [0.15, 0.2) is 11.6 Å². The summed E-state index contributed by atoms with van der Waals surface area (Å²) in [7, 11) is 0. The molecule has 1 aliphatic carbocycles. The predicted octanol–water partition coefficient (Wildman–Crippen LogP) is 7.41. The zero-order chi connectivity index (χ0) is 29.7. The molecule has 2 N–H and O–H groups in total. The number of aliphatic hydroxyl groups is 2. The second-order valence-corrected chi connectivity index (χ2v) is 11.2. The van der Waals surface area contributed by atoms with Crippen LogP contribution in [0.5, 0.6) is 0 Å². The Hall–Kier alpha value is -3.80. The number of ketones is 2.